The van der Waals surface area contributed by atoms with E-state index in [9.17, 15) is 19.2 Å². The SMILES string of the molecule is C.CC(=O)CN1CCN(C)CC1.CC(=O)CN1CCN(C)CC1.CC(=O)CN1CCN(C)CC1.CC(=O)CN1CCN(C)CC1. The lowest BCUT2D eigenvalue weighted by Crippen LogP contribution is -2.45. The summed E-state index contributed by atoms with van der Waals surface area (Å²) in [5, 5.41) is 0. The molecule has 4 saturated heterocycles. The molecule has 12 nitrogen and oxygen atoms in total. The van der Waals surface area contributed by atoms with Gasteiger partial charge in [-0.2, -0.15) is 0 Å². The summed E-state index contributed by atoms with van der Waals surface area (Å²) < 4.78 is 0. The second kappa shape index (κ2) is 24.5. The van der Waals surface area contributed by atoms with Crippen LogP contribution in [0, 0.1) is 0 Å². The van der Waals surface area contributed by atoms with Crippen LogP contribution in [0.2, 0.25) is 0 Å². The summed E-state index contributed by atoms with van der Waals surface area (Å²) in [6, 6.07) is 0. The van der Waals surface area contributed by atoms with Crippen molar-refractivity contribution in [2.24, 2.45) is 0 Å². The lowest BCUT2D eigenvalue weighted by atomic mass is 10.3. The first-order valence-corrected chi connectivity index (χ1v) is 16.3. The van der Waals surface area contributed by atoms with Crippen molar-refractivity contribution in [3.05, 3.63) is 0 Å². The summed E-state index contributed by atoms with van der Waals surface area (Å²) in [5.41, 5.74) is 0. The summed E-state index contributed by atoms with van der Waals surface area (Å²) >= 11 is 0. The smallest absolute Gasteiger partial charge is 0.143 e. The first kappa shape index (κ1) is 43.4. The molecule has 0 N–H and O–H groups in total. The minimum absolute atomic E-state index is 0. The molecule has 4 heterocycles. The minimum Gasteiger partial charge on any atom is -0.304 e. The van der Waals surface area contributed by atoms with E-state index in [0.717, 1.165) is 105 Å². The van der Waals surface area contributed by atoms with Gasteiger partial charge in [0.2, 0.25) is 0 Å². The van der Waals surface area contributed by atoms with E-state index in [1.54, 1.807) is 27.7 Å². The van der Waals surface area contributed by atoms with Crippen molar-refractivity contribution >= 4 is 23.1 Å². The fourth-order valence-corrected chi connectivity index (χ4v) is 5.28. The molecule has 0 aromatic carbocycles. The topological polar surface area (TPSA) is 94.2 Å². The average molecular weight is 641 g/mol. The Hall–Kier alpha value is -1.64. The maximum atomic E-state index is 10.7. The van der Waals surface area contributed by atoms with Gasteiger partial charge in [-0.1, -0.05) is 7.43 Å². The molecule has 0 bridgehead atoms. The van der Waals surface area contributed by atoms with Crippen LogP contribution < -0.4 is 0 Å². The minimum atomic E-state index is 0. The number of hydrogen-bond donors (Lipinski definition) is 0. The molecule has 0 amide bonds. The second-order valence-corrected chi connectivity index (χ2v) is 13.1. The third-order valence-electron chi connectivity index (χ3n) is 8.17. The van der Waals surface area contributed by atoms with Crippen molar-refractivity contribution in [2.45, 2.75) is 35.1 Å². The van der Waals surface area contributed by atoms with Gasteiger partial charge in [-0.15, -0.1) is 0 Å². The van der Waals surface area contributed by atoms with Crippen LogP contribution >= 0.6 is 0 Å². The molecule has 45 heavy (non-hydrogen) atoms. The number of hydrogen-bond acceptors (Lipinski definition) is 12. The Balaban J connectivity index is 0.000000569. The molecule has 0 spiro atoms. The molecule has 4 aliphatic rings. The monoisotopic (exact) mass is 641 g/mol. The predicted octanol–water partition coefficient (Wildman–Crippen LogP) is -0.0727. The Kier molecular flexibility index (Phi) is 23.6. The third-order valence-corrected chi connectivity index (χ3v) is 8.17. The number of piperazine rings is 4. The molecular weight excluding hydrogens is 572 g/mol. The maximum Gasteiger partial charge on any atom is 0.143 e. The zero-order chi connectivity index (χ0) is 33.1. The maximum absolute atomic E-state index is 10.7. The van der Waals surface area contributed by atoms with Crippen LogP contribution in [0.3, 0.4) is 0 Å². The van der Waals surface area contributed by atoms with Crippen LogP contribution in [0.25, 0.3) is 0 Å². The van der Waals surface area contributed by atoms with Crippen LogP contribution in [-0.4, -0.2) is 221 Å². The van der Waals surface area contributed by atoms with Gasteiger partial charge in [0, 0.05) is 105 Å². The van der Waals surface area contributed by atoms with E-state index in [2.05, 4.69) is 67.4 Å². The Labute approximate surface area is 275 Å². The summed E-state index contributed by atoms with van der Waals surface area (Å²) in [5.74, 6) is 1.09. The number of rotatable bonds is 8. The summed E-state index contributed by atoms with van der Waals surface area (Å²) in [4.78, 5) is 60.9. The van der Waals surface area contributed by atoms with Crippen LogP contribution in [0.1, 0.15) is 35.1 Å². The first-order chi connectivity index (χ1) is 20.7. The second-order valence-electron chi connectivity index (χ2n) is 13.1. The fourth-order valence-electron chi connectivity index (χ4n) is 5.28. The summed E-state index contributed by atoms with van der Waals surface area (Å²) in [7, 11) is 8.46. The van der Waals surface area contributed by atoms with Crippen molar-refractivity contribution in [2.75, 3.05) is 159 Å². The van der Waals surface area contributed by atoms with Gasteiger partial charge in [0.25, 0.3) is 0 Å². The highest BCUT2D eigenvalue weighted by Crippen LogP contribution is 2.00. The molecule has 0 saturated carbocycles. The molecule has 4 aliphatic heterocycles. The zero-order valence-corrected chi connectivity index (χ0v) is 29.4. The van der Waals surface area contributed by atoms with E-state index in [0.29, 0.717) is 26.2 Å². The number of Topliss-reactive ketones (excluding diaryl/α,β-unsaturated/α-hetero) is 4. The number of likely N-dealkylation sites (N-methyl/N-ethyl adjacent to an activating group) is 4. The molecule has 0 radical (unpaired) electrons. The zero-order valence-electron chi connectivity index (χ0n) is 29.4. The molecular formula is C33H68N8O4. The van der Waals surface area contributed by atoms with E-state index in [1.807, 2.05) is 0 Å². The van der Waals surface area contributed by atoms with Gasteiger partial charge in [-0.3, -0.25) is 38.8 Å². The van der Waals surface area contributed by atoms with Gasteiger partial charge in [0.15, 0.2) is 0 Å². The first-order valence-electron chi connectivity index (χ1n) is 16.3. The van der Waals surface area contributed by atoms with E-state index in [-0.39, 0.29) is 30.6 Å². The van der Waals surface area contributed by atoms with Crippen LogP contribution in [0.5, 0.6) is 0 Å². The van der Waals surface area contributed by atoms with E-state index in [4.69, 9.17) is 0 Å². The largest absolute Gasteiger partial charge is 0.304 e. The molecule has 0 aliphatic carbocycles. The van der Waals surface area contributed by atoms with E-state index in [1.165, 1.54) is 0 Å². The van der Waals surface area contributed by atoms with Gasteiger partial charge >= 0.3 is 0 Å². The standard InChI is InChI=1S/4C8H16N2O.CH4/c4*1-8(11)7-10-5-3-9(2)4-6-10;/h4*3-7H2,1-2H3;1H4. The van der Waals surface area contributed by atoms with Crippen LogP contribution in [0.4, 0.5) is 0 Å². The van der Waals surface area contributed by atoms with Crippen molar-refractivity contribution in [3.63, 3.8) is 0 Å². The molecule has 12 heteroatoms. The fraction of sp³-hybridized carbons (Fsp3) is 0.879. The number of carbonyl (C=O) groups is 4. The van der Waals surface area contributed by atoms with Gasteiger partial charge in [0.05, 0.1) is 26.2 Å². The molecule has 0 aromatic rings. The van der Waals surface area contributed by atoms with E-state index < -0.39 is 0 Å². The summed E-state index contributed by atoms with van der Waals surface area (Å²) in [6.45, 7) is 26.2. The molecule has 0 unspecified atom stereocenters. The molecule has 4 fully saturated rings. The van der Waals surface area contributed by atoms with Crippen molar-refractivity contribution < 1.29 is 19.2 Å². The quantitative estimate of drug-likeness (QED) is 0.356. The predicted molar refractivity (Wildman–Crippen MR) is 185 cm³/mol. The van der Waals surface area contributed by atoms with Gasteiger partial charge in [-0.05, 0) is 55.9 Å². The van der Waals surface area contributed by atoms with Crippen molar-refractivity contribution in [3.8, 4) is 0 Å². The Morgan fingerprint density at radius 1 is 0.333 bits per heavy atom. The van der Waals surface area contributed by atoms with Crippen LogP contribution in [-0.2, 0) is 19.2 Å². The molecule has 4 rings (SSSR count). The normalized spacial score (nSPS) is 21.5. The Morgan fingerprint density at radius 3 is 0.578 bits per heavy atom. The lowest BCUT2D eigenvalue weighted by Gasteiger charge is -2.31. The van der Waals surface area contributed by atoms with Gasteiger partial charge in [-0.25, -0.2) is 0 Å². The highest BCUT2D eigenvalue weighted by Gasteiger charge is 2.16. The molecule has 0 aromatic heterocycles. The molecule has 264 valence electrons. The number of nitrogens with zero attached hydrogens (tertiary/aromatic N) is 8. The molecule has 0 atom stereocenters. The van der Waals surface area contributed by atoms with Crippen LogP contribution in [0.15, 0.2) is 0 Å². The Bertz CT molecular complexity index is 693. The van der Waals surface area contributed by atoms with Gasteiger partial charge in [0.1, 0.15) is 23.1 Å². The van der Waals surface area contributed by atoms with E-state index >= 15 is 0 Å². The highest BCUT2D eigenvalue weighted by molar-refractivity contribution is 5.78. The highest BCUT2D eigenvalue weighted by atomic mass is 16.1. The Morgan fingerprint density at radius 2 is 0.467 bits per heavy atom. The number of ketones is 4. The average Bonchev–Trinajstić information content (AvgIpc) is 2.94. The lowest BCUT2D eigenvalue weighted by molar-refractivity contribution is -0.119. The number of carbonyl (C=O) groups excluding carboxylic acids is 4. The van der Waals surface area contributed by atoms with Gasteiger partial charge < -0.3 is 19.6 Å². The van der Waals surface area contributed by atoms with Crippen molar-refractivity contribution in [1.82, 2.24) is 39.2 Å². The summed E-state index contributed by atoms with van der Waals surface area (Å²) in [6.07, 6.45) is 0. The third kappa shape index (κ3) is 23.4. The van der Waals surface area contributed by atoms with Crippen molar-refractivity contribution in [1.29, 1.82) is 0 Å².